The Kier molecular flexibility index (Phi) is 4.62. The van der Waals surface area contributed by atoms with Crippen molar-refractivity contribution in [1.82, 2.24) is 4.90 Å². The van der Waals surface area contributed by atoms with Gasteiger partial charge in [-0.2, -0.15) is 0 Å². The summed E-state index contributed by atoms with van der Waals surface area (Å²) in [7, 11) is 1.89. The maximum absolute atomic E-state index is 12.4. The lowest BCUT2D eigenvalue weighted by Crippen LogP contribution is -2.46. The number of unbranched alkanes of at least 4 members (excludes halogenated alkanes) is 2. The molecule has 4 atom stereocenters. The molecule has 0 heterocycles. The zero-order chi connectivity index (χ0) is 13.1. The summed E-state index contributed by atoms with van der Waals surface area (Å²) in [6.45, 7) is 1.04. The first-order valence-corrected chi connectivity index (χ1v) is 7.26. The first kappa shape index (κ1) is 13.8. The second-order valence-electron chi connectivity index (χ2n) is 5.98. The Morgan fingerprint density at radius 1 is 1.28 bits per heavy atom. The first-order valence-electron chi connectivity index (χ1n) is 7.26. The average molecular weight is 254 g/mol. The third kappa shape index (κ3) is 2.69. The van der Waals surface area contributed by atoms with E-state index in [0.717, 1.165) is 32.2 Å². The number of aliphatic hydroxyl groups excluding tert-OH is 1. The van der Waals surface area contributed by atoms with E-state index in [-0.39, 0.29) is 24.5 Å². The van der Waals surface area contributed by atoms with Gasteiger partial charge in [0.05, 0.1) is 5.92 Å². The van der Waals surface area contributed by atoms with Crippen molar-refractivity contribution in [2.45, 2.75) is 44.6 Å². The predicted molar refractivity (Wildman–Crippen MR) is 70.9 cm³/mol. The number of amides is 1. The highest BCUT2D eigenvalue weighted by molar-refractivity contribution is 5.80. The van der Waals surface area contributed by atoms with E-state index in [1.165, 1.54) is 12.8 Å². The number of aliphatic hydroxyl groups is 1. The standard InChI is InChI=1S/C14H26N2O2/c1-16(7-3-2-4-8-17)14(18)12-10-5-6-11(9-10)13(12)15/h10-13,17H,2-9,15H2,1H3. The van der Waals surface area contributed by atoms with Crippen LogP contribution in [0.3, 0.4) is 0 Å². The SMILES string of the molecule is CN(CCCCCO)C(=O)C1C2CCC(C2)C1N. The molecule has 2 saturated carbocycles. The van der Waals surface area contributed by atoms with Crippen LogP contribution < -0.4 is 5.73 Å². The first-order chi connectivity index (χ1) is 8.65. The lowest BCUT2D eigenvalue weighted by Gasteiger charge is -2.30. The summed E-state index contributed by atoms with van der Waals surface area (Å²) < 4.78 is 0. The van der Waals surface area contributed by atoms with Crippen LogP contribution in [0.5, 0.6) is 0 Å². The van der Waals surface area contributed by atoms with Crippen LogP contribution in [0.1, 0.15) is 38.5 Å². The number of nitrogens with two attached hydrogens (primary N) is 1. The highest BCUT2D eigenvalue weighted by atomic mass is 16.2. The van der Waals surface area contributed by atoms with Gasteiger partial charge in [0.15, 0.2) is 0 Å². The maximum Gasteiger partial charge on any atom is 0.227 e. The lowest BCUT2D eigenvalue weighted by atomic mass is 9.84. The van der Waals surface area contributed by atoms with Gasteiger partial charge in [-0.25, -0.2) is 0 Å². The second kappa shape index (κ2) is 6.02. The van der Waals surface area contributed by atoms with Gasteiger partial charge in [0.25, 0.3) is 0 Å². The van der Waals surface area contributed by atoms with E-state index in [9.17, 15) is 4.79 Å². The fourth-order valence-corrected chi connectivity index (χ4v) is 3.70. The molecule has 2 fully saturated rings. The minimum Gasteiger partial charge on any atom is -0.396 e. The number of hydrogen-bond acceptors (Lipinski definition) is 3. The molecule has 0 radical (unpaired) electrons. The quantitative estimate of drug-likeness (QED) is 0.694. The van der Waals surface area contributed by atoms with E-state index in [1.807, 2.05) is 11.9 Å². The minimum atomic E-state index is 0.0755. The molecular formula is C14H26N2O2. The molecule has 0 aromatic heterocycles. The second-order valence-corrected chi connectivity index (χ2v) is 5.98. The van der Waals surface area contributed by atoms with Crippen molar-refractivity contribution in [2.75, 3.05) is 20.2 Å². The normalized spacial score (nSPS) is 33.9. The summed E-state index contributed by atoms with van der Waals surface area (Å²) in [5.74, 6) is 1.45. The Bertz CT molecular complexity index is 294. The summed E-state index contributed by atoms with van der Waals surface area (Å²) in [5, 5.41) is 8.72. The smallest absolute Gasteiger partial charge is 0.227 e. The fraction of sp³-hybridized carbons (Fsp3) is 0.929. The van der Waals surface area contributed by atoms with E-state index < -0.39 is 0 Å². The molecule has 2 aliphatic rings. The number of carbonyl (C=O) groups is 1. The van der Waals surface area contributed by atoms with E-state index in [1.54, 1.807) is 0 Å². The van der Waals surface area contributed by atoms with Crippen LogP contribution in [0.15, 0.2) is 0 Å². The van der Waals surface area contributed by atoms with Crippen LogP contribution in [-0.2, 0) is 4.79 Å². The van der Waals surface area contributed by atoms with Crippen LogP contribution in [0.25, 0.3) is 0 Å². The Balaban J connectivity index is 1.80. The third-order valence-electron chi connectivity index (χ3n) is 4.79. The Morgan fingerprint density at radius 3 is 2.61 bits per heavy atom. The van der Waals surface area contributed by atoms with E-state index >= 15 is 0 Å². The molecule has 0 aromatic carbocycles. The van der Waals surface area contributed by atoms with Crippen molar-refractivity contribution in [3.63, 3.8) is 0 Å². The molecule has 3 N–H and O–H groups in total. The summed E-state index contributed by atoms with van der Waals surface area (Å²) in [6, 6.07) is 0.0936. The molecule has 104 valence electrons. The van der Waals surface area contributed by atoms with Gasteiger partial charge < -0.3 is 15.7 Å². The summed E-state index contributed by atoms with van der Waals surface area (Å²) in [4.78, 5) is 14.3. The fourth-order valence-electron chi connectivity index (χ4n) is 3.70. The molecule has 2 aliphatic carbocycles. The maximum atomic E-state index is 12.4. The lowest BCUT2D eigenvalue weighted by molar-refractivity contribution is -0.136. The van der Waals surface area contributed by atoms with Crippen LogP contribution >= 0.6 is 0 Å². The van der Waals surface area contributed by atoms with Gasteiger partial charge in [-0.15, -0.1) is 0 Å². The number of rotatable bonds is 6. The van der Waals surface area contributed by atoms with Crippen LogP contribution in [0.2, 0.25) is 0 Å². The van der Waals surface area contributed by atoms with E-state index in [2.05, 4.69) is 0 Å². The van der Waals surface area contributed by atoms with E-state index in [0.29, 0.717) is 11.8 Å². The van der Waals surface area contributed by atoms with Gasteiger partial charge in [-0.05, 0) is 50.4 Å². The highest BCUT2D eigenvalue weighted by Gasteiger charge is 2.49. The van der Waals surface area contributed by atoms with Crippen molar-refractivity contribution in [1.29, 1.82) is 0 Å². The highest BCUT2D eigenvalue weighted by Crippen LogP contribution is 2.48. The molecule has 0 aliphatic heterocycles. The van der Waals surface area contributed by atoms with E-state index in [4.69, 9.17) is 10.8 Å². The zero-order valence-corrected chi connectivity index (χ0v) is 11.3. The molecule has 4 unspecified atom stereocenters. The summed E-state index contributed by atoms with van der Waals surface area (Å²) >= 11 is 0. The van der Waals surface area contributed by atoms with Gasteiger partial charge in [0.2, 0.25) is 5.91 Å². The molecule has 0 aromatic rings. The topological polar surface area (TPSA) is 66.6 Å². The summed E-state index contributed by atoms with van der Waals surface area (Å²) in [6.07, 6.45) is 6.35. The van der Waals surface area contributed by atoms with Gasteiger partial charge in [0, 0.05) is 26.2 Å². The summed E-state index contributed by atoms with van der Waals surface area (Å²) in [5.41, 5.74) is 6.20. The Hall–Kier alpha value is -0.610. The van der Waals surface area contributed by atoms with Crippen molar-refractivity contribution >= 4 is 5.91 Å². The van der Waals surface area contributed by atoms with Gasteiger partial charge in [0.1, 0.15) is 0 Å². The molecule has 2 bridgehead atoms. The molecule has 2 rings (SSSR count). The minimum absolute atomic E-state index is 0.0755. The number of fused-ring (bicyclic) bond motifs is 2. The molecule has 4 heteroatoms. The molecule has 0 spiro atoms. The third-order valence-corrected chi connectivity index (χ3v) is 4.79. The van der Waals surface area contributed by atoms with Crippen molar-refractivity contribution in [3.05, 3.63) is 0 Å². The van der Waals surface area contributed by atoms with Crippen molar-refractivity contribution in [2.24, 2.45) is 23.5 Å². The van der Waals surface area contributed by atoms with Crippen molar-refractivity contribution < 1.29 is 9.90 Å². The largest absolute Gasteiger partial charge is 0.396 e. The zero-order valence-electron chi connectivity index (χ0n) is 11.3. The number of hydrogen-bond donors (Lipinski definition) is 2. The van der Waals surface area contributed by atoms with Crippen LogP contribution in [0.4, 0.5) is 0 Å². The van der Waals surface area contributed by atoms with Gasteiger partial charge >= 0.3 is 0 Å². The molecule has 0 saturated heterocycles. The molecule has 4 nitrogen and oxygen atoms in total. The van der Waals surface area contributed by atoms with Gasteiger partial charge in [-0.3, -0.25) is 4.79 Å². The number of nitrogens with zero attached hydrogens (tertiary/aromatic N) is 1. The Labute approximate surface area is 110 Å². The average Bonchev–Trinajstić information content (AvgIpc) is 2.94. The monoisotopic (exact) mass is 254 g/mol. The predicted octanol–water partition coefficient (Wildman–Crippen LogP) is 0.981. The van der Waals surface area contributed by atoms with Crippen LogP contribution in [0, 0.1) is 17.8 Å². The van der Waals surface area contributed by atoms with Gasteiger partial charge in [-0.1, -0.05) is 0 Å². The molecule has 1 amide bonds. The molecule has 18 heavy (non-hydrogen) atoms. The van der Waals surface area contributed by atoms with Crippen LogP contribution in [-0.4, -0.2) is 42.2 Å². The Morgan fingerprint density at radius 2 is 2.00 bits per heavy atom. The van der Waals surface area contributed by atoms with Crippen molar-refractivity contribution in [3.8, 4) is 0 Å². The number of carbonyl (C=O) groups excluding carboxylic acids is 1. The molecular weight excluding hydrogens is 228 g/mol.